The van der Waals surface area contributed by atoms with Crippen LogP contribution >= 0.6 is 0 Å². The molecule has 18 heavy (non-hydrogen) atoms. The van der Waals surface area contributed by atoms with Crippen molar-refractivity contribution in [1.29, 1.82) is 0 Å². The van der Waals surface area contributed by atoms with Crippen LogP contribution in [0.2, 0.25) is 0 Å². The lowest BCUT2D eigenvalue weighted by Crippen LogP contribution is -2.41. The van der Waals surface area contributed by atoms with Gasteiger partial charge in [-0.2, -0.15) is 0 Å². The van der Waals surface area contributed by atoms with Crippen molar-refractivity contribution in [1.82, 2.24) is 4.90 Å². The molecule has 0 aromatic heterocycles. The van der Waals surface area contributed by atoms with Crippen molar-refractivity contribution < 1.29 is 9.84 Å². The molecule has 3 nitrogen and oxygen atoms in total. The summed E-state index contributed by atoms with van der Waals surface area (Å²) >= 11 is 0. The monoisotopic (exact) mass is 249 g/mol. The van der Waals surface area contributed by atoms with Crippen LogP contribution in [0.3, 0.4) is 0 Å². The fourth-order valence-electron chi connectivity index (χ4n) is 2.64. The quantitative estimate of drug-likeness (QED) is 0.891. The SMILES string of the molecule is COc1ccc(C)cc1CN1CCC(O)C(C)C1. The first-order chi connectivity index (χ1) is 8.60. The second-order valence-electron chi connectivity index (χ2n) is 5.38. The fraction of sp³-hybridized carbons (Fsp3) is 0.600. The van der Waals surface area contributed by atoms with Crippen LogP contribution in [0.5, 0.6) is 5.75 Å². The molecule has 1 aliphatic heterocycles. The third-order valence-electron chi connectivity index (χ3n) is 3.77. The average molecular weight is 249 g/mol. The molecule has 1 fully saturated rings. The summed E-state index contributed by atoms with van der Waals surface area (Å²) in [6.45, 7) is 7.04. The molecule has 0 aliphatic carbocycles. The first-order valence-corrected chi connectivity index (χ1v) is 6.64. The maximum absolute atomic E-state index is 9.76. The Labute approximate surface area is 109 Å². The summed E-state index contributed by atoms with van der Waals surface area (Å²) in [5.41, 5.74) is 2.50. The molecule has 0 bridgehead atoms. The average Bonchev–Trinajstić information content (AvgIpc) is 2.34. The van der Waals surface area contributed by atoms with Crippen molar-refractivity contribution in [3.8, 4) is 5.75 Å². The molecule has 3 heteroatoms. The van der Waals surface area contributed by atoms with E-state index in [2.05, 4.69) is 30.9 Å². The van der Waals surface area contributed by atoms with E-state index in [0.29, 0.717) is 5.92 Å². The molecule has 0 spiro atoms. The van der Waals surface area contributed by atoms with Crippen LogP contribution in [0, 0.1) is 12.8 Å². The highest BCUT2D eigenvalue weighted by atomic mass is 16.5. The minimum Gasteiger partial charge on any atom is -0.496 e. The number of ether oxygens (including phenoxy) is 1. The van der Waals surface area contributed by atoms with Crippen molar-refractivity contribution >= 4 is 0 Å². The number of aliphatic hydroxyl groups is 1. The zero-order valence-electron chi connectivity index (χ0n) is 11.5. The van der Waals surface area contributed by atoms with Gasteiger partial charge in [0.05, 0.1) is 13.2 Å². The Hall–Kier alpha value is -1.06. The summed E-state index contributed by atoms with van der Waals surface area (Å²) in [6, 6.07) is 6.30. The van der Waals surface area contributed by atoms with Gasteiger partial charge in [0, 0.05) is 25.2 Å². The van der Waals surface area contributed by atoms with Crippen molar-refractivity contribution in [3.05, 3.63) is 29.3 Å². The Balaban J connectivity index is 2.07. The first-order valence-electron chi connectivity index (χ1n) is 6.64. The molecule has 1 aliphatic rings. The van der Waals surface area contributed by atoms with E-state index in [4.69, 9.17) is 4.74 Å². The minimum atomic E-state index is -0.138. The van der Waals surface area contributed by atoms with Crippen LogP contribution in [0.25, 0.3) is 0 Å². The van der Waals surface area contributed by atoms with E-state index in [1.165, 1.54) is 11.1 Å². The molecular weight excluding hydrogens is 226 g/mol. The van der Waals surface area contributed by atoms with Crippen LogP contribution in [-0.4, -0.2) is 36.3 Å². The first kappa shape index (κ1) is 13.4. The van der Waals surface area contributed by atoms with Gasteiger partial charge >= 0.3 is 0 Å². The number of benzene rings is 1. The number of piperidine rings is 1. The van der Waals surface area contributed by atoms with E-state index in [1.54, 1.807) is 7.11 Å². The van der Waals surface area contributed by atoms with Gasteiger partial charge in [0.1, 0.15) is 5.75 Å². The molecule has 2 unspecified atom stereocenters. The van der Waals surface area contributed by atoms with E-state index in [9.17, 15) is 5.11 Å². The Morgan fingerprint density at radius 3 is 2.89 bits per heavy atom. The molecule has 1 heterocycles. The predicted octanol–water partition coefficient (Wildman–Crippen LogP) is 2.21. The van der Waals surface area contributed by atoms with Gasteiger partial charge in [0.15, 0.2) is 0 Å². The number of hydrogen-bond donors (Lipinski definition) is 1. The molecule has 2 rings (SSSR count). The molecule has 1 saturated heterocycles. The third-order valence-corrected chi connectivity index (χ3v) is 3.77. The normalized spacial score (nSPS) is 25.1. The van der Waals surface area contributed by atoms with Crippen LogP contribution in [0.4, 0.5) is 0 Å². The fourth-order valence-corrected chi connectivity index (χ4v) is 2.64. The lowest BCUT2D eigenvalue weighted by Gasteiger charge is -2.34. The molecule has 1 aromatic rings. The van der Waals surface area contributed by atoms with Crippen LogP contribution in [0.1, 0.15) is 24.5 Å². The molecule has 0 amide bonds. The Kier molecular flexibility index (Phi) is 4.25. The maximum atomic E-state index is 9.76. The molecule has 1 N–H and O–H groups in total. The second kappa shape index (κ2) is 5.72. The topological polar surface area (TPSA) is 32.7 Å². The lowest BCUT2D eigenvalue weighted by molar-refractivity contribution is 0.0318. The Morgan fingerprint density at radius 1 is 1.44 bits per heavy atom. The maximum Gasteiger partial charge on any atom is 0.123 e. The molecule has 2 atom stereocenters. The molecular formula is C15H23NO2. The Bertz CT molecular complexity index is 405. The van der Waals surface area contributed by atoms with Crippen LogP contribution in [0.15, 0.2) is 18.2 Å². The van der Waals surface area contributed by atoms with Gasteiger partial charge in [-0.15, -0.1) is 0 Å². The van der Waals surface area contributed by atoms with Gasteiger partial charge in [-0.25, -0.2) is 0 Å². The minimum absolute atomic E-state index is 0.138. The number of aliphatic hydroxyl groups excluding tert-OH is 1. The van der Waals surface area contributed by atoms with Crippen molar-refractivity contribution in [2.24, 2.45) is 5.92 Å². The van der Waals surface area contributed by atoms with E-state index >= 15 is 0 Å². The van der Waals surface area contributed by atoms with Crippen molar-refractivity contribution in [2.75, 3.05) is 20.2 Å². The zero-order chi connectivity index (χ0) is 13.1. The van der Waals surface area contributed by atoms with E-state index < -0.39 is 0 Å². The predicted molar refractivity (Wildman–Crippen MR) is 72.8 cm³/mol. The van der Waals surface area contributed by atoms with Gasteiger partial charge in [-0.1, -0.05) is 24.6 Å². The summed E-state index contributed by atoms with van der Waals surface area (Å²) in [6.07, 6.45) is 0.732. The van der Waals surface area contributed by atoms with Crippen LogP contribution < -0.4 is 4.74 Å². The van der Waals surface area contributed by atoms with E-state index in [0.717, 1.165) is 31.8 Å². The van der Waals surface area contributed by atoms with Gasteiger partial charge in [-0.3, -0.25) is 4.90 Å². The molecule has 1 aromatic carbocycles. The van der Waals surface area contributed by atoms with Gasteiger partial charge in [0.25, 0.3) is 0 Å². The highest BCUT2D eigenvalue weighted by Gasteiger charge is 2.24. The number of methoxy groups -OCH3 is 1. The number of nitrogens with zero attached hydrogens (tertiary/aromatic N) is 1. The number of likely N-dealkylation sites (tertiary alicyclic amines) is 1. The summed E-state index contributed by atoms with van der Waals surface area (Å²) in [4.78, 5) is 2.40. The summed E-state index contributed by atoms with van der Waals surface area (Å²) in [5, 5.41) is 9.76. The number of aryl methyl sites for hydroxylation is 1. The highest BCUT2D eigenvalue weighted by Crippen LogP contribution is 2.24. The zero-order valence-corrected chi connectivity index (χ0v) is 11.5. The van der Waals surface area contributed by atoms with E-state index in [-0.39, 0.29) is 6.10 Å². The largest absolute Gasteiger partial charge is 0.496 e. The summed E-state index contributed by atoms with van der Waals surface area (Å²) in [5.74, 6) is 1.31. The molecule has 100 valence electrons. The third kappa shape index (κ3) is 3.03. The molecule has 0 radical (unpaired) electrons. The second-order valence-corrected chi connectivity index (χ2v) is 5.38. The number of rotatable bonds is 3. The van der Waals surface area contributed by atoms with E-state index in [1.807, 2.05) is 6.07 Å². The van der Waals surface area contributed by atoms with Gasteiger partial charge in [0.2, 0.25) is 0 Å². The van der Waals surface area contributed by atoms with Crippen LogP contribution in [-0.2, 0) is 6.54 Å². The summed E-state index contributed by atoms with van der Waals surface area (Å²) in [7, 11) is 1.72. The smallest absolute Gasteiger partial charge is 0.123 e. The van der Waals surface area contributed by atoms with Gasteiger partial charge in [-0.05, 0) is 25.3 Å². The standard InChI is InChI=1S/C15H23NO2/c1-11-4-5-15(18-3)13(8-11)10-16-7-6-14(17)12(2)9-16/h4-5,8,12,14,17H,6-7,9-10H2,1-3H3. The lowest BCUT2D eigenvalue weighted by atomic mass is 9.96. The molecule has 0 saturated carbocycles. The van der Waals surface area contributed by atoms with Crippen molar-refractivity contribution in [2.45, 2.75) is 32.9 Å². The number of hydrogen-bond acceptors (Lipinski definition) is 3. The Morgan fingerprint density at radius 2 is 2.22 bits per heavy atom. The highest BCUT2D eigenvalue weighted by molar-refractivity contribution is 5.36. The van der Waals surface area contributed by atoms with Crippen molar-refractivity contribution in [3.63, 3.8) is 0 Å². The summed E-state index contributed by atoms with van der Waals surface area (Å²) < 4.78 is 5.41. The van der Waals surface area contributed by atoms with Gasteiger partial charge < -0.3 is 9.84 Å².